The molecular formula is C25H17BrCl2N2O6. The number of carbonyl (C=O) groups excluding carboxylic acids is 1. The van der Waals surface area contributed by atoms with Gasteiger partial charge in [0.2, 0.25) is 5.90 Å². The molecule has 11 heteroatoms. The Labute approximate surface area is 224 Å². The molecular weight excluding hydrogens is 575 g/mol. The summed E-state index contributed by atoms with van der Waals surface area (Å²) in [6, 6.07) is 14.3. The zero-order chi connectivity index (χ0) is 25.8. The lowest BCUT2D eigenvalue weighted by atomic mass is 10.1. The molecule has 0 atom stereocenters. The largest absolute Gasteiger partial charge is 0.490 e. The molecule has 0 fully saturated rings. The first-order chi connectivity index (χ1) is 17.2. The van der Waals surface area contributed by atoms with E-state index < -0.39 is 10.9 Å². The number of halogens is 3. The lowest BCUT2D eigenvalue weighted by Crippen LogP contribution is -2.06. The van der Waals surface area contributed by atoms with Crippen LogP contribution in [-0.4, -0.2) is 23.4 Å². The fourth-order valence-electron chi connectivity index (χ4n) is 3.29. The van der Waals surface area contributed by atoms with Gasteiger partial charge in [0.05, 0.1) is 26.6 Å². The first-order valence-electron chi connectivity index (χ1n) is 10.6. The standard InChI is InChI=1S/C25H17BrCl2N2O6/c1-2-34-22-11-15(9-19(26)23(22)35-13-14-3-6-17(7-4-14)30(32)33)10-21-25(31)36-24(29-21)18-8-5-16(27)12-20(18)28/h3-12H,2,13H2,1H3/b21-10-. The van der Waals surface area contributed by atoms with Crippen LogP contribution in [0.15, 0.2) is 69.8 Å². The highest BCUT2D eigenvalue weighted by molar-refractivity contribution is 9.10. The van der Waals surface area contributed by atoms with Crippen molar-refractivity contribution in [3.05, 3.63) is 102 Å². The molecule has 184 valence electrons. The van der Waals surface area contributed by atoms with Gasteiger partial charge >= 0.3 is 5.97 Å². The van der Waals surface area contributed by atoms with Crippen LogP contribution in [-0.2, 0) is 16.1 Å². The summed E-state index contributed by atoms with van der Waals surface area (Å²) < 4.78 is 17.6. The molecule has 0 saturated heterocycles. The predicted octanol–water partition coefficient (Wildman–Crippen LogP) is 6.99. The molecule has 0 aliphatic carbocycles. The van der Waals surface area contributed by atoms with E-state index in [0.717, 1.165) is 5.56 Å². The molecule has 4 rings (SSSR count). The minimum atomic E-state index is -0.622. The lowest BCUT2D eigenvalue weighted by Gasteiger charge is -2.15. The Morgan fingerprint density at radius 2 is 1.86 bits per heavy atom. The smallest absolute Gasteiger partial charge is 0.363 e. The van der Waals surface area contributed by atoms with Crippen LogP contribution < -0.4 is 9.47 Å². The Kier molecular flexibility index (Phi) is 7.93. The normalized spacial score (nSPS) is 13.9. The van der Waals surface area contributed by atoms with Gasteiger partial charge in [-0.15, -0.1) is 0 Å². The summed E-state index contributed by atoms with van der Waals surface area (Å²) in [4.78, 5) is 27.1. The zero-order valence-electron chi connectivity index (χ0n) is 18.7. The fraction of sp³-hybridized carbons (Fsp3) is 0.120. The Morgan fingerprint density at radius 3 is 2.53 bits per heavy atom. The average Bonchev–Trinajstić information content (AvgIpc) is 3.18. The van der Waals surface area contributed by atoms with E-state index >= 15 is 0 Å². The summed E-state index contributed by atoms with van der Waals surface area (Å²) in [5, 5.41) is 11.6. The van der Waals surface area contributed by atoms with Gasteiger partial charge in [-0.3, -0.25) is 10.1 Å². The summed E-state index contributed by atoms with van der Waals surface area (Å²) in [7, 11) is 0. The van der Waals surface area contributed by atoms with Gasteiger partial charge in [-0.05, 0) is 82.5 Å². The molecule has 0 aromatic heterocycles. The second-order valence-electron chi connectivity index (χ2n) is 7.44. The molecule has 0 N–H and O–H groups in total. The second-order valence-corrected chi connectivity index (χ2v) is 9.13. The van der Waals surface area contributed by atoms with E-state index in [4.69, 9.17) is 37.4 Å². The topological polar surface area (TPSA) is 100 Å². The molecule has 1 aliphatic rings. The molecule has 3 aromatic rings. The van der Waals surface area contributed by atoms with Crippen molar-refractivity contribution in [2.24, 2.45) is 4.99 Å². The molecule has 0 saturated carbocycles. The number of rotatable bonds is 8. The number of carbonyl (C=O) groups is 1. The number of esters is 1. The number of hydrogen-bond acceptors (Lipinski definition) is 7. The van der Waals surface area contributed by atoms with Crippen molar-refractivity contribution in [3.63, 3.8) is 0 Å². The van der Waals surface area contributed by atoms with E-state index in [2.05, 4.69) is 20.9 Å². The van der Waals surface area contributed by atoms with Crippen LogP contribution in [0.3, 0.4) is 0 Å². The molecule has 0 radical (unpaired) electrons. The Morgan fingerprint density at radius 1 is 1.11 bits per heavy atom. The highest BCUT2D eigenvalue weighted by Gasteiger charge is 2.26. The van der Waals surface area contributed by atoms with Gasteiger partial charge in [0, 0.05) is 17.2 Å². The molecule has 1 aliphatic heterocycles. The molecule has 0 unspecified atom stereocenters. The fourth-order valence-corrected chi connectivity index (χ4v) is 4.35. The number of nitro benzene ring substituents is 1. The van der Waals surface area contributed by atoms with Crippen LogP contribution in [0.5, 0.6) is 11.5 Å². The molecule has 3 aromatic carbocycles. The van der Waals surface area contributed by atoms with E-state index in [1.807, 2.05) is 6.92 Å². The number of benzene rings is 3. The second kappa shape index (κ2) is 11.1. The molecule has 0 amide bonds. The number of aliphatic imine (C=N–C) groups is 1. The van der Waals surface area contributed by atoms with Gasteiger partial charge in [0.25, 0.3) is 5.69 Å². The molecule has 1 heterocycles. The van der Waals surface area contributed by atoms with E-state index in [1.165, 1.54) is 18.2 Å². The summed E-state index contributed by atoms with van der Waals surface area (Å²) in [5.41, 5.74) is 1.90. The van der Waals surface area contributed by atoms with Crippen LogP contribution in [0.2, 0.25) is 10.0 Å². The quantitative estimate of drug-likeness (QED) is 0.121. The maximum atomic E-state index is 12.4. The van der Waals surface area contributed by atoms with Gasteiger partial charge in [-0.1, -0.05) is 23.2 Å². The van der Waals surface area contributed by atoms with E-state index in [1.54, 1.807) is 42.5 Å². The van der Waals surface area contributed by atoms with Crippen molar-refractivity contribution in [2.75, 3.05) is 6.61 Å². The van der Waals surface area contributed by atoms with Crippen LogP contribution in [0, 0.1) is 10.1 Å². The predicted molar refractivity (Wildman–Crippen MR) is 140 cm³/mol. The Bertz CT molecular complexity index is 1410. The Hall–Kier alpha value is -3.40. The van der Waals surface area contributed by atoms with Crippen LogP contribution in [0.1, 0.15) is 23.6 Å². The van der Waals surface area contributed by atoms with Gasteiger partial charge in [0.15, 0.2) is 17.2 Å². The van der Waals surface area contributed by atoms with Gasteiger partial charge in [0.1, 0.15) is 6.61 Å². The van der Waals surface area contributed by atoms with Crippen molar-refractivity contribution < 1.29 is 23.9 Å². The average molecular weight is 592 g/mol. The highest BCUT2D eigenvalue weighted by Crippen LogP contribution is 2.38. The van der Waals surface area contributed by atoms with Gasteiger partial charge < -0.3 is 14.2 Å². The minimum Gasteiger partial charge on any atom is -0.490 e. The van der Waals surface area contributed by atoms with E-state index in [-0.39, 0.29) is 23.9 Å². The number of hydrogen-bond donors (Lipinski definition) is 0. The summed E-state index contributed by atoms with van der Waals surface area (Å²) >= 11 is 15.6. The Balaban J connectivity index is 1.59. The first kappa shape index (κ1) is 25.7. The third-order valence-corrected chi connectivity index (χ3v) is 6.08. The monoisotopic (exact) mass is 590 g/mol. The summed E-state index contributed by atoms with van der Waals surface area (Å²) in [5.74, 6) is 0.351. The van der Waals surface area contributed by atoms with Gasteiger partial charge in [-0.2, -0.15) is 0 Å². The van der Waals surface area contributed by atoms with Crippen molar-refractivity contribution in [3.8, 4) is 11.5 Å². The maximum absolute atomic E-state index is 12.4. The first-order valence-corrected chi connectivity index (χ1v) is 12.1. The van der Waals surface area contributed by atoms with Crippen molar-refractivity contribution >= 4 is 62.8 Å². The highest BCUT2D eigenvalue weighted by atomic mass is 79.9. The summed E-state index contributed by atoms with van der Waals surface area (Å²) in [6.45, 7) is 2.37. The molecule has 0 bridgehead atoms. The van der Waals surface area contributed by atoms with Crippen LogP contribution >= 0.6 is 39.1 Å². The SMILES string of the molecule is CCOc1cc(/C=C2\N=C(c3ccc(Cl)cc3Cl)OC2=O)cc(Br)c1OCc1ccc([N+](=O)[O-])cc1. The zero-order valence-corrected chi connectivity index (χ0v) is 21.8. The third kappa shape index (κ3) is 5.87. The van der Waals surface area contributed by atoms with Crippen LogP contribution in [0.25, 0.3) is 6.08 Å². The van der Waals surface area contributed by atoms with Crippen LogP contribution in [0.4, 0.5) is 5.69 Å². The van der Waals surface area contributed by atoms with E-state index in [0.29, 0.717) is 43.8 Å². The maximum Gasteiger partial charge on any atom is 0.363 e. The number of non-ortho nitro benzene ring substituents is 1. The van der Waals surface area contributed by atoms with Crippen molar-refractivity contribution in [2.45, 2.75) is 13.5 Å². The van der Waals surface area contributed by atoms with Gasteiger partial charge in [-0.25, -0.2) is 9.79 Å². The van der Waals surface area contributed by atoms with E-state index in [9.17, 15) is 14.9 Å². The molecule has 8 nitrogen and oxygen atoms in total. The number of nitro groups is 1. The lowest BCUT2D eigenvalue weighted by molar-refractivity contribution is -0.384. The number of nitrogens with zero attached hydrogens (tertiary/aromatic N) is 2. The minimum absolute atomic E-state index is 0.00177. The van der Waals surface area contributed by atoms with Crippen molar-refractivity contribution in [1.82, 2.24) is 0 Å². The summed E-state index contributed by atoms with van der Waals surface area (Å²) in [6.07, 6.45) is 1.56. The third-order valence-electron chi connectivity index (χ3n) is 4.95. The molecule has 0 spiro atoms. The number of cyclic esters (lactones) is 1. The van der Waals surface area contributed by atoms with Crippen molar-refractivity contribution in [1.29, 1.82) is 0 Å². The number of ether oxygens (including phenoxy) is 3. The molecule has 36 heavy (non-hydrogen) atoms.